The molecule has 0 radical (unpaired) electrons. The number of thiophene rings is 1. The standard InChI is InChI=1S/C21H22N4O2S2/c1-11(2)25-20(26)16-12(3)13(4)28-19(16)22-21(25)29-14(5)17-23-24-18(27-17)15-9-7-6-8-10-15/h6-11,14H,1-5H3/t14-/m1/s1. The third-order valence-electron chi connectivity index (χ3n) is 4.81. The minimum absolute atomic E-state index is 0.00345. The molecule has 6 nitrogen and oxygen atoms in total. The molecule has 1 aromatic carbocycles. The lowest BCUT2D eigenvalue weighted by molar-refractivity contribution is 0.502. The second-order valence-electron chi connectivity index (χ2n) is 7.20. The van der Waals surface area contributed by atoms with Crippen LogP contribution in [0.5, 0.6) is 0 Å². The van der Waals surface area contributed by atoms with Gasteiger partial charge >= 0.3 is 0 Å². The van der Waals surface area contributed by atoms with Gasteiger partial charge in [-0.15, -0.1) is 21.5 Å². The molecular formula is C21H22N4O2S2. The number of aromatic nitrogens is 4. The van der Waals surface area contributed by atoms with Crippen LogP contribution in [-0.4, -0.2) is 19.7 Å². The first-order valence-corrected chi connectivity index (χ1v) is 11.1. The first-order valence-electron chi connectivity index (χ1n) is 9.44. The highest BCUT2D eigenvalue weighted by molar-refractivity contribution is 7.99. The topological polar surface area (TPSA) is 73.8 Å². The van der Waals surface area contributed by atoms with Gasteiger partial charge in [0, 0.05) is 16.5 Å². The summed E-state index contributed by atoms with van der Waals surface area (Å²) in [6.45, 7) is 10.00. The molecule has 0 spiro atoms. The summed E-state index contributed by atoms with van der Waals surface area (Å²) in [7, 11) is 0. The molecule has 3 aromatic heterocycles. The van der Waals surface area contributed by atoms with E-state index in [0.717, 1.165) is 26.2 Å². The fraction of sp³-hybridized carbons (Fsp3) is 0.333. The highest BCUT2D eigenvalue weighted by Crippen LogP contribution is 2.36. The Labute approximate surface area is 177 Å². The molecule has 0 saturated carbocycles. The minimum Gasteiger partial charge on any atom is -0.419 e. The zero-order valence-electron chi connectivity index (χ0n) is 17.0. The van der Waals surface area contributed by atoms with Crippen LogP contribution in [0.1, 0.15) is 48.4 Å². The van der Waals surface area contributed by atoms with Gasteiger partial charge < -0.3 is 4.42 Å². The van der Waals surface area contributed by atoms with Crippen molar-refractivity contribution in [3.05, 3.63) is 57.0 Å². The maximum absolute atomic E-state index is 13.2. The fourth-order valence-electron chi connectivity index (χ4n) is 3.13. The molecule has 0 aliphatic heterocycles. The van der Waals surface area contributed by atoms with Crippen LogP contribution < -0.4 is 5.56 Å². The quantitative estimate of drug-likeness (QED) is 0.307. The van der Waals surface area contributed by atoms with Crippen molar-refractivity contribution in [2.24, 2.45) is 0 Å². The van der Waals surface area contributed by atoms with Gasteiger partial charge in [-0.25, -0.2) is 4.98 Å². The normalized spacial score (nSPS) is 12.8. The zero-order chi connectivity index (χ0) is 20.7. The molecule has 3 heterocycles. The van der Waals surface area contributed by atoms with E-state index in [1.807, 2.05) is 65.0 Å². The number of fused-ring (bicyclic) bond motifs is 1. The average molecular weight is 427 g/mol. The summed E-state index contributed by atoms with van der Waals surface area (Å²) in [5.41, 5.74) is 1.91. The summed E-state index contributed by atoms with van der Waals surface area (Å²) in [5, 5.41) is 9.64. The van der Waals surface area contributed by atoms with E-state index in [2.05, 4.69) is 10.2 Å². The van der Waals surface area contributed by atoms with E-state index in [1.54, 1.807) is 15.9 Å². The van der Waals surface area contributed by atoms with E-state index in [9.17, 15) is 4.79 Å². The van der Waals surface area contributed by atoms with Gasteiger partial charge in [-0.3, -0.25) is 9.36 Å². The van der Waals surface area contributed by atoms with Crippen LogP contribution in [0.25, 0.3) is 21.7 Å². The highest BCUT2D eigenvalue weighted by atomic mass is 32.2. The van der Waals surface area contributed by atoms with Crippen molar-refractivity contribution < 1.29 is 4.42 Å². The molecular weight excluding hydrogens is 404 g/mol. The van der Waals surface area contributed by atoms with E-state index in [-0.39, 0.29) is 16.9 Å². The molecule has 0 saturated heterocycles. The third-order valence-corrected chi connectivity index (χ3v) is 6.97. The number of hydrogen-bond donors (Lipinski definition) is 0. The summed E-state index contributed by atoms with van der Waals surface area (Å²) in [6, 6.07) is 9.67. The van der Waals surface area contributed by atoms with E-state index < -0.39 is 0 Å². The van der Waals surface area contributed by atoms with Gasteiger partial charge in [-0.1, -0.05) is 30.0 Å². The Morgan fingerprint density at radius 1 is 1.10 bits per heavy atom. The predicted octanol–water partition coefficient (Wildman–Crippen LogP) is 5.56. The lowest BCUT2D eigenvalue weighted by Crippen LogP contribution is -2.25. The second kappa shape index (κ2) is 7.76. The van der Waals surface area contributed by atoms with Crippen LogP contribution in [-0.2, 0) is 0 Å². The van der Waals surface area contributed by atoms with Crippen LogP contribution in [0.3, 0.4) is 0 Å². The summed E-state index contributed by atoms with van der Waals surface area (Å²) < 4.78 is 7.65. The predicted molar refractivity (Wildman–Crippen MR) is 118 cm³/mol. The number of benzene rings is 1. The zero-order valence-corrected chi connectivity index (χ0v) is 18.6. The van der Waals surface area contributed by atoms with Crippen molar-refractivity contribution in [1.82, 2.24) is 19.7 Å². The Morgan fingerprint density at radius 2 is 1.83 bits per heavy atom. The van der Waals surface area contributed by atoms with Gasteiger partial charge in [0.2, 0.25) is 11.8 Å². The van der Waals surface area contributed by atoms with Crippen molar-refractivity contribution in [3.63, 3.8) is 0 Å². The number of hydrogen-bond acceptors (Lipinski definition) is 7. The Morgan fingerprint density at radius 3 is 2.52 bits per heavy atom. The van der Waals surface area contributed by atoms with Crippen molar-refractivity contribution in [3.8, 4) is 11.5 Å². The highest BCUT2D eigenvalue weighted by Gasteiger charge is 2.23. The maximum Gasteiger partial charge on any atom is 0.263 e. The number of aryl methyl sites for hydroxylation is 2. The monoisotopic (exact) mass is 426 g/mol. The van der Waals surface area contributed by atoms with Crippen LogP contribution in [0.15, 0.2) is 44.7 Å². The van der Waals surface area contributed by atoms with E-state index in [4.69, 9.17) is 9.40 Å². The van der Waals surface area contributed by atoms with Crippen molar-refractivity contribution in [2.75, 3.05) is 0 Å². The molecule has 4 rings (SSSR count). The number of rotatable bonds is 5. The Hall–Kier alpha value is -2.45. The SMILES string of the molecule is Cc1sc2nc(S[C@H](C)c3nnc(-c4ccccc4)o3)n(C(C)C)c(=O)c2c1C. The Kier molecular flexibility index (Phi) is 5.31. The van der Waals surface area contributed by atoms with Crippen LogP contribution >= 0.6 is 23.1 Å². The minimum atomic E-state index is -0.142. The maximum atomic E-state index is 13.2. The van der Waals surface area contributed by atoms with Crippen LogP contribution in [0.4, 0.5) is 0 Å². The summed E-state index contributed by atoms with van der Waals surface area (Å²) >= 11 is 3.03. The van der Waals surface area contributed by atoms with Crippen molar-refractivity contribution >= 4 is 33.3 Å². The lowest BCUT2D eigenvalue weighted by Gasteiger charge is -2.16. The Balaban J connectivity index is 1.71. The molecule has 0 amide bonds. The largest absolute Gasteiger partial charge is 0.419 e. The molecule has 1 atom stereocenters. The van der Waals surface area contributed by atoms with Crippen molar-refractivity contribution in [2.45, 2.75) is 51.1 Å². The molecule has 0 aliphatic carbocycles. The summed E-state index contributed by atoms with van der Waals surface area (Å²) in [6.07, 6.45) is 0. The molecule has 29 heavy (non-hydrogen) atoms. The van der Waals surface area contributed by atoms with Gasteiger partial charge in [-0.05, 0) is 52.3 Å². The molecule has 4 aromatic rings. The molecule has 0 fully saturated rings. The van der Waals surface area contributed by atoms with E-state index in [1.165, 1.54) is 11.8 Å². The van der Waals surface area contributed by atoms with E-state index in [0.29, 0.717) is 16.9 Å². The molecule has 0 bridgehead atoms. The molecule has 0 aliphatic rings. The average Bonchev–Trinajstić information content (AvgIpc) is 3.28. The molecule has 0 unspecified atom stereocenters. The molecule has 150 valence electrons. The van der Waals surface area contributed by atoms with Crippen LogP contribution in [0, 0.1) is 13.8 Å². The summed E-state index contributed by atoms with van der Waals surface area (Å²) in [4.78, 5) is 19.9. The number of nitrogens with zero attached hydrogens (tertiary/aromatic N) is 4. The summed E-state index contributed by atoms with van der Waals surface area (Å²) in [5.74, 6) is 0.999. The van der Waals surface area contributed by atoms with Crippen LogP contribution in [0.2, 0.25) is 0 Å². The smallest absolute Gasteiger partial charge is 0.263 e. The lowest BCUT2D eigenvalue weighted by atomic mass is 10.2. The molecule has 0 N–H and O–H groups in total. The van der Waals surface area contributed by atoms with Gasteiger partial charge in [0.15, 0.2) is 5.16 Å². The number of thioether (sulfide) groups is 1. The molecule has 8 heteroatoms. The first-order chi connectivity index (χ1) is 13.9. The first kappa shape index (κ1) is 19.8. The fourth-order valence-corrected chi connectivity index (χ4v) is 5.27. The third kappa shape index (κ3) is 3.62. The van der Waals surface area contributed by atoms with Crippen molar-refractivity contribution in [1.29, 1.82) is 0 Å². The van der Waals surface area contributed by atoms with Gasteiger partial charge in [0.25, 0.3) is 5.56 Å². The van der Waals surface area contributed by atoms with Gasteiger partial charge in [0.05, 0.1) is 10.6 Å². The van der Waals surface area contributed by atoms with E-state index >= 15 is 0 Å². The van der Waals surface area contributed by atoms with Gasteiger partial charge in [-0.2, -0.15) is 0 Å². The second-order valence-corrected chi connectivity index (χ2v) is 9.71. The van der Waals surface area contributed by atoms with Gasteiger partial charge in [0.1, 0.15) is 4.83 Å². The Bertz CT molecular complexity index is 1220.